The molecule has 0 heterocycles. The van der Waals surface area contributed by atoms with Gasteiger partial charge in [-0.3, -0.25) is 14.4 Å². The summed E-state index contributed by atoms with van der Waals surface area (Å²) in [4.78, 5) is 38.2. The van der Waals surface area contributed by atoms with Crippen LogP contribution in [0.4, 0.5) is 0 Å². The lowest BCUT2D eigenvalue weighted by atomic mass is 10.1. The minimum atomic E-state index is -0.782. The molecule has 0 aliphatic heterocycles. The van der Waals surface area contributed by atoms with Crippen molar-refractivity contribution in [1.82, 2.24) is 0 Å². The number of hydrogen-bond donors (Lipinski definition) is 0. The smallest absolute Gasteiger partial charge is 0.306 e. The van der Waals surface area contributed by atoms with Gasteiger partial charge in [0.1, 0.15) is 13.2 Å². The van der Waals surface area contributed by atoms with Gasteiger partial charge in [-0.2, -0.15) is 0 Å². The van der Waals surface area contributed by atoms with E-state index in [1.165, 1.54) is 193 Å². The van der Waals surface area contributed by atoms with Crippen molar-refractivity contribution >= 4 is 17.9 Å². The Balaban J connectivity index is 4.39. The topological polar surface area (TPSA) is 78.9 Å². The molecule has 0 aliphatic carbocycles. The summed E-state index contributed by atoms with van der Waals surface area (Å²) in [6, 6.07) is 0. The van der Waals surface area contributed by atoms with Crippen LogP contribution in [0.2, 0.25) is 0 Å². The fraction of sp³-hybridized carbons (Fsp3) is 0.823. The van der Waals surface area contributed by atoms with Gasteiger partial charge in [-0.1, -0.05) is 236 Å². The average molecular weight is 954 g/mol. The third-order valence-corrected chi connectivity index (χ3v) is 13.0. The molecule has 0 saturated carbocycles. The van der Waals surface area contributed by atoms with Gasteiger partial charge in [0, 0.05) is 19.3 Å². The summed E-state index contributed by atoms with van der Waals surface area (Å²) in [5, 5.41) is 0. The van der Waals surface area contributed by atoms with Gasteiger partial charge < -0.3 is 14.2 Å². The molecule has 0 fully saturated rings. The molecule has 68 heavy (non-hydrogen) atoms. The van der Waals surface area contributed by atoms with Crippen LogP contribution in [0.5, 0.6) is 0 Å². The highest BCUT2D eigenvalue weighted by atomic mass is 16.6. The monoisotopic (exact) mass is 953 g/mol. The van der Waals surface area contributed by atoms with Gasteiger partial charge in [0.25, 0.3) is 0 Å². The first kappa shape index (κ1) is 65.4. The summed E-state index contributed by atoms with van der Waals surface area (Å²) in [6.07, 6.45) is 69.5. The van der Waals surface area contributed by atoms with Gasteiger partial charge in [0.2, 0.25) is 0 Å². The summed E-state index contributed by atoms with van der Waals surface area (Å²) in [5.41, 5.74) is 0. The largest absolute Gasteiger partial charge is 0.462 e. The van der Waals surface area contributed by atoms with E-state index in [-0.39, 0.29) is 31.1 Å². The first-order chi connectivity index (χ1) is 33.5. The third-order valence-electron chi connectivity index (χ3n) is 13.0. The van der Waals surface area contributed by atoms with Crippen LogP contribution in [0.15, 0.2) is 48.6 Å². The number of rotatable bonds is 54. The Morgan fingerprint density at radius 2 is 0.529 bits per heavy atom. The molecule has 0 bridgehead atoms. The molecule has 1 unspecified atom stereocenters. The molecule has 6 heteroatoms. The minimum absolute atomic E-state index is 0.0801. The van der Waals surface area contributed by atoms with E-state index in [4.69, 9.17) is 14.2 Å². The zero-order valence-corrected chi connectivity index (χ0v) is 45.4. The van der Waals surface area contributed by atoms with E-state index in [9.17, 15) is 14.4 Å². The van der Waals surface area contributed by atoms with Gasteiger partial charge in [0.15, 0.2) is 6.10 Å². The number of unbranched alkanes of at least 4 members (excludes halogenated alkanes) is 35. The molecule has 0 N–H and O–H groups in total. The molecular formula is C62H112O6. The van der Waals surface area contributed by atoms with Crippen molar-refractivity contribution in [3.05, 3.63) is 48.6 Å². The van der Waals surface area contributed by atoms with Crippen LogP contribution in [0.25, 0.3) is 0 Å². The molecule has 6 nitrogen and oxygen atoms in total. The van der Waals surface area contributed by atoms with Crippen LogP contribution < -0.4 is 0 Å². The lowest BCUT2D eigenvalue weighted by Crippen LogP contribution is -2.30. The second kappa shape index (κ2) is 57.0. The van der Waals surface area contributed by atoms with Crippen molar-refractivity contribution in [3.63, 3.8) is 0 Å². The SMILES string of the molecule is CCCCCC/C=C\C/C=C\CCCCCCCC(=O)OCC(COC(=O)CCCCCCCCC/C=C\CCCCCCCC)OC(=O)CCCCCCCCC/C=C\CCCCCCCC. The van der Waals surface area contributed by atoms with Crippen LogP contribution in [-0.2, 0) is 28.6 Å². The predicted octanol–water partition coefficient (Wildman–Crippen LogP) is 19.8. The normalized spacial score (nSPS) is 12.3. The molecule has 0 rings (SSSR count). The molecule has 0 spiro atoms. The molecule has 0 amide bonds. The summed E-state index contributed by atoms with van der Waals surface area (Å²) in [6.45, 7) is 6.63. The van der Waals surface area contributed by atoms with Crippen molar-refractivity contribution in [1.29, 1.82) is 0 Å². The summed E-state index contributed by atoms with van der Waals surface area (Å²) >= 11 is 0. The predicted molar refractivity (Wildman–Crippen MR) is 293 cm³/mol. The maximum absolute atomic E-state index is 12.9. The van der Waals surface area contributed by atoms with E-state index in [0.29, 0.717) is 19.3 Å². The Bertz CT molecular complexity index is 1190. The van der Waals surface area contributed by atoms with Gasteiger partial charge in [-0.05, 0) is 103 Å². The lowest BCUT2D eigenvalue weighted by Gasteiger charge is -2.18. The highest BCUT2D eigenvalue weighted by Gasteiger charge is 2.19. The Kier molecular flexibility index (Phi) is 54.8. The molecule has 1 atom stereocenters. The second-order valence-corrected chi connectivity index (χ2v) is 19.9. The van der Waals surface area contributed by atoms with Crippen LogP contribution >= 0.6 is 0 Å². The van der Waals surface area contributed by atoms with Crippen molar-refractivity contribution < 1.29 is 28.6 Å². The maximum atomic E-state index is 12.9. The minimum Gasteiger partial charge on any atom is -0.462 e. The zero-order chi connectivity index (χ0) is 49.3. The van der Waals surface area contributed by atoms with E-state index in [1.807, 2.05) is 0 Å². The van der Waals surface area contributed by atoms with Crippen LogP contribution in [-0.4, -0.2) is 37.2 Å². The van der Waals surface area contributed by atoms with Crippen LogP contribution in [0.1, 0.15) is 310 Å². The number of carbonyl (C=O) groups excluding carboxylic acids is 3. The van der Waals surface area contributed by atoms with E-state index < -0.39 is 6.10 Å². The van der Waals surface area contributed by atoms with Crippen molar-refractivity contribution in [3.8, 4) is 0 Å². The number of allylic oxidation sites excluding steroid dienone is 8. The molecule has 396 valence electrons. The highest BCUT2D eigenvalue weighted by Crippen LogP contribution is 2.15. The molecular weight excluding hydrogens is 841 g/mol. The molecule has 0 aromatic carbocycles. The Hall–Kier alpha value is -2.63. The Morgan fingerprint density at radius 3 is 0.838 bits per heavy atom. The highest BCUT2D eigenvalue weighted by molar-refractivity contribution is 5.71. The number of ether oxygens (including phenoxy) is 3. The number of esters is 3. The quantitative estimate of drug-likeness (QED) is 0.0262. The Morgan fingerprint density at radius 1 is 0.294 bits per heavy atom. The van der Waals surface area contributed by atoms with Crippen LogP contribution in [0, 0.1) is 0 Å². The summed E-state index contributed by atoms with van der Waals surface area (Å²) < 4.78 is 16.9. The Labute approximate surface area is 422 Å². The second-order valence-electron chi connectivity index (χ2n) is 19.9. The molecule has 0 aromatic rings. The molecule has 0 radical (unpaired) electrons. The van der Waals surface area contributed by atoms with E-state index >= 15 is 0 Å². The van der Waals surface area contributed by atoms with Crippen LogP contribution in [0.3, 0.4) is 0 Å². The molecule has 0 saturated heterocycles. The van der Waals surface area contributed by atoms with Gasteiger partial charge in [-0.15, -0.1) is 0 Å². The van der Waals surface area contributed by atoms with E-state index in [2.05, 4.69) is 69.4 Å². The maximum Gasteiger partial charge on any atom is 0.306 e. The number of carbonyl (C=O) groups is 3. The standard InChI is InChI=1S/C62H112O6/c1-4-7-10-13-16-19-22-25-28-31-34-37-40-43-46-49-52-55-61(64)67-58-59(57-66-60(63)54-51-48-45-42-39-36-33-30-27-24-21-18-15-12-9-6-3)68-62(65)56-53-50-47-44-41-38-35-32-29-26-23-20-17-14-11-8-5-2/h21,24-26,28-30,33,59H,4-20,22-23,27,31-32,34-58H2,1-3H3/b24-21-,28-25-,29-26-,33-30-. The zero-order valence-electron chi connectivity index (χ0n) is 45.4. The van der Waals surface area contributed by atoms with Crippen molar-refractivity contribution in [2.75, 3.05) is 13.2 Å². The fourth-order valence-electron chi connectivity index (χ4n) is 8.52. The number of hydrogen-bond acceptors (Lipinski definition) is 6. The average Bonchev–Trinajstić information content (AvgIpc) is 3.34. The lowest BCUT2D eigenvalue weighted by molar-refractivity contribution is -0.167. The molecule has 0 aromatic heterocycles. The fourth-order valence-corrected chi connectivity index (χ4v) is 8.52. The van der Waals surface area contributed by atoms with Gasteiger partial charge >= 0.3 is 17.9 Å². The third kappa shape index (κ3) is 54.3. The first-order valence-electron chi connectivity index (χ1n) is 29.6. The van der Waals surface area contributed by atoms with Gasteiger partial charge in [0.05, 0.1) is 0 Å². The van der Waals surface area contributed by atoms with E-state index in [1.54, 1.807) is 0 Å². The molecule has 0 aliphatic rings. The van der Waals surface area contributed by atoms with Gasteiger partial charge in [-0.25, -0.2) is 0 Å². The summed E-state index contributed by atoms with van der Waals surface area (Å²) in [7, 11) is 0. The van der Waals surface area contributed by atoms with E-state index in [0.717, 1.165) is 77.0 Å². The van der Waals surface area contributed by atoms with Crippen molar-refractivity contribution in [2.24, 2.45) is 0 Å². The summed E-state index contributed by atoms with van der Waals surface area (Å²) in [5.74, 6) is -0.888. The van der Waals surface area contributed by atoms with Crippen molar-refractivity contribution in [2.45, 2.75) is 316 Å². The first-order valence-corrected chi connectivity index (χ1v) is 29.6.